The summed E-state index contributed by atoms with van der Waals surface area (Å²) in [4.78, 5) is 1.46. The van der Waals surface area contributed by atoms with Crippen molar-refractivity contribution in [2.45, 2.75) is 45.6 Å². The summed E-state index contributed by atoms with van der Waals surface area (Å²) in [6.07, 6.45) is 7.08. The zero-order chi connectivity index (χ0) is 10.6. The highest BCUT2D eigenvalue weighted by Crippen LogP contribution is 2.40. The van der Waals surface area contributed by atoms with E-state index in [1.165, 1.54) is 43.5 Å². The van der Waals surface area contributed by atoms with E-state index >= 15 is 0 Å². The van der Waals surface area contributed by atoms with Gasteiger partial charge in [0.2, 0.25) is 0 Å². The zero-order valence-electron chi connectivity index (χ0n) is 9.59. The average Bonchev–Trinajstić information content (AvgIpc) is 2.89. The Labute approximate surface area is 96.9 Å². The molecule has 1 aromatic heterocycles. The second kappa shape index (κ2) is 5.13. The number of hydrogen-bond acceptors (Lipinski definition) is 2. The molecule has 1 aliphatic rings. The molecule has 0 radical (unpaired) electrons. The third-order valence-electron chi connectivity index (χ3n) is 3.79. The third kappa shape index (κ3) is 2.82. The fourth-order valence-corrected chi connectivity index (χ4v) is 3.32. The molecule has 0 amide bonds. The molecular weight excluding hydrogens is 202 g/mol. The smallest absolute Gasteiger partial charge is 0.0299 e. The molecule has 0 aromatic carbocycles. The molecule has 1 aromatic rings. The first kappa shape index (κ1) is 11.2. The van der Waals surface area contributed by atoms with E-state index in [9.17, 15) is 0 Å². The van der Waals surface area contributed by atoms with Crippen molar-refractivity contribution < 1.29 is 0 Å². The van der Waals surface area contributed by atoms with Gasteiger partial charge in [-0.05, 0) is 36.1 Å². The largest absolute Gasteiger partial charge is 0.311 e. The van der Waals surface area contributed by atoms with Crippen molar-refractivity contribution in [3.63, 3.8) is 0 Å². The van der Waals surface area contributed by atoms with E-state index in [0.29, 0.717) is 5.41 Å². The SMILES string of the molecule is CCC1(CNCc2cccs2)CCCC1. The van der Waals surface area contributed by atoms with Gasteiger partial charge in [-0.25, -0.2) is 0 Å². The van der Waals surface area contributed by atoms with Gasteiger partial charge in [0.05, 0.1) is 0 Å². The van der Waals surface area contributed by atoms with Gasteiger partial charge in [-0.15, -0.1) is 11.3 Å². The Bertz CT molecular complexity index is 273. The van der Waals surface area contributed by atoms with Crippen LogP contribution in [0.15, 0.2) is 17.5 Å². The van der Waals surface area contributed by atoms with E-state index < -0.39 is 0 Å². The predicted molar refractivity (Wildman–Crippen MR) is 67.2 cm³/mol. The van der Waals surface area contributed by atoms with Crippen LogP contribution in [0.4, 0.5) is 0 Å². The van der Waals surface area contributed by atoms with Gasteiger partial charge in [-0.2, -0.15) is 0 Å². The highest BCUT2D eigenvalue weighted by atomic mass is 32.1. The molecule has 84 valence electrons. The summed E-state index contributed by atoms with van der Waals surface area (Å²) < 4.78 is 0. The molecular formula is C13H21NS. The molecule has 0 saturated heterocycles. The lowest BCUT2D eigenvalue weighted by atomic mass is 9.83. The first-order chi connectivity index (χ1) is 7.35. The van der Waals surface area contributed by atoms with Crippen molar-refractivity contribution in [1.29, 1.82) is 0 Å². The molecule has 1 heterocycles. The van der Waals surface area contributed by atoms with Crippen molar-refractivity contribution in [3.05, 3.63) is 22.4 Å². The summed E-state index contributed by atoms with van der Waals surface area (Å²) in [5, 5.41) is 5.79. The van der Waals surface area contributed by atoms with Crippen LogP contribution in [0.2, 0.25) is 0 Å². The summed E-state index contributed by atoms with van der Waals surface area (Å²) >= 11 is 1.85. The maximum Gasteiger partial charge on any atom is 0.0299 e. The van der Waals surface area contributed by atoms with Crippen LogP contribution in [0, 0.1) is 5.41 Å². The number of thiophene rings is 1. The first-order valence-corrected chi connectivity index (χ1v) is 6.96. The second-order valence-electron chi connectivity index (χ2n) is 4.74. The lowest BCUT2D eigenvalue weighted by Gasteiger charge is -2.27. The molecule has 0 spiro atoms. The van der Waals surface area contributed by atoms with E-state index in [-0.39, 0.29) is 0 Å². The van der Waals surface area contributed by atoms with Gasteiger partial charge in [0.1, 0.15) is 0 Å². The van der Waals surface area contributed by atoms with Gasteiger partial charge in [0.15, 0.2) is 0 Å². The monoisotopic (exact) mass is 223 g/mol. The van der Waals surface area contributed by atoms with Crippen molar-refractivity contribution in [3.8, 4) is 0 Å². The number of nitrogens with one attached hydrogen (secondary N) is 1. The van der Waals surface area contributed by atoms with Gasteiger partial charge in [-0.3, -0.25) is 0 Å². The molecule has 1 fully saturated rings. The number of rotatable bonds is 5. The van der Waals surface area contributed by atoms with Crippen molar-refractivity contribution in [2.75, 3.05) is 6.54 Å². The summed E-state index contributed by atoms with van der Waals surface area (Å²) in [5.41, 5.74) is 0.622. The highest BCUT2D eigenvalue weighted by Gasteiger charge is 2.31. The first-order valence-electron chi connectivity index (χ1n) is 6.08. The minimum atomic E-state index is 0.622. The third-order valence-corrected chi connectivity index (χ3v) is 4.67. The molecule has 1 N–H and O–H groups in total. The maximum absolute atomic E-state index is 3.63. The molecule has 0 unspecified atom stereocenters. The highest BCUT2D eigenvalue weighted by molar-refractivity contribution is 7.09. The van der Waals surface area contributed by atoms with Crippen LogP contribution < -0.4 is 5.32 Å². The van der Waals surface area contributed by atoms with Crippen LogP contribution in [0.3, 0.4) is 0 Å². The molecule has 2 heteroatoms. The fraction of sp³-hybridized carbons (Fsp3) is 0.692. The maximum atomic E-state index is 3.63. The van der Waals surface area contributed by atoms with Crippen molar-refractivity contribution in [1.82, 2.24) is 5.32 Å². The lowest BCUT2D eigenvalue weighted by molar-refractivity contribution is 0.268. The Morgan fingerprint density at radius 2 is 2.20 bits per heavy atom. The van der Waals surface area contributed by atoms with Gasteiger partial charge in [0.25, 0.3) is 0 Å². The van der Waals surface area contributed by atoms with Crippen LogP contribution in [-0.4, -0.2) is 6.54 Å². The van der Waals surface area contributed by atoms with E-state index in [1.807, 2.05) is 11.3 Å². The zero-order valence-corrected chi connectivity index (χ0v) is 10.4. The topological polar surface area (TPSA) is 12.0 Å². The molecule has 0 atom stereocenters. The fourth-order valence-electron chi connectivity index (χ4n) is 2.64. The molecule has 1 nitrogen and oxygen atoms in total. The van der Waals surface area contributed by atoms with Crippen LogP contribution in [0.1, 0.15) is 43.9 Å². The van der Waals surface area contributed by atoms with Crippen LogP contribution in [-0.2, 0) is 6.54 Å². The predicted octanol–water partition coefficient (Wildman–Crippen LogP) is 3.81. The Balaban J connectivity index is 1.77. The van der Waals surface area contributed by atoms with E-state index in [4.69, 9.17) is 0 Å². The van der Waals surface area contributed by atoms with Gasteiger partial charge in [-0.1, -0.05) is 25.8 Å². The van der Waals surface area contributed by atoms with Crippen LogP contribution in [0.5, 0.6) is 0 Å². The Morgan fingerprint density at radius 1 is 1.40 bits per heavy atom. The van der Waals surface area contributed by atoms with Crippen LogP contribution in [0.25, 0.3) is 0 Å². The van der Waals surface area contributed by atoms with Gasteiger partial charge in [0, 0.05) is 18.0 Å². The molecule has 0 bridgehead atoms. The quantitative estimate of drug-likeness (QED) is 0.800. The summed E-state index contributed by atoms with van der Waals surface area (Å²) in [6, 6.07) is 4.35. The molecule has 1 aliphatic carbocycles. The van der Waals surface area contributed by atoms with Gasteiger partial charge < -0.3 is 5.32 Å². The lowest BCUT2D eigenvalue weighted by Crippen LogP contribution is -2.31. The van der Waals surface area contributed by atoms with Crippen molar-refractivity contribution >= 4 is 11.3 Å². The van der Waals surface area contributed by atoms with E-state index in [0.717, 1.165) is 6.54 Å². The number of hydrogen-bond donors (Lipinski definition) is 1. The van der Waals surface area contributed by atoms with Gasteiger partial charge >= 0.3 is 0 Å². The molecule has 2 rings (SSSR count). The normalized spacial score (nSPS) is 19.5. The molecule has 0 aliphatic heterocycles. The second-order valence-corrected chi connectivity index (χ2v) is 5.78. The Morgan fingerprint density at radius 3 is 2.80 bits per heavy atom. The van der Waals surface area contributed by atoms with Crippen LogP contribution >= 0.6 is 11.3 Å². The summed E-state index contributed by atoms with van der Waals surface area (Å²) in [6.45, 7) is 4.61. The minimum Gasteiger partial charge on any atom is -0.311 e. The standard InChI is InChI=1S/C13H21NS/c1-2-13(7-3-4-8-13)11-14-10-12-6-5-9-15-12/h5-6,9,14H,2-4,7-8,10-11H2,1H3. The summed E-state index contributed by atoms with van der Waals surface area (Å²) in [5.74, 6) is 0. The molecule has 1 saturated carbocycles. The minimum absolute atomic E-state index is 0.622. The average molecular weight is 223 g/mol. The summed E-state index contributed by atoms with van der Waals surface area (Å²) in [7, 11) is 0. The Kier molecular flexibility index (Phi) is 3.81. The molecule has 15 heavy (non-hydrogen) atoms. The van der Waals surface area contributed by atoms with E-state index in [1.54, 1.807) is 0 Å². The van der Waals surface area contributed by atoms with E-state index in [2.05, 4.69) is 29.8 Å². The van der Waals surface area contributed by atoms with Crippen molar-refractivity contribution in [2.24, 2.45) is 5.41 Å². The Hall–Kier alpha value is -0.340.